The quantitative estimate of drug-likeness (QED) is 0.628. The van der Waals surface area contributed by atoms with Gasteiger partial charge >= 0.3 is 0 Å². The molecule has 0 bridgehead atoms. The summed E-state index contributed by atoms with van der Waals surface area (Å²) in [6, 6.07) is 14.0. The van der Waals surface area contributed by atoms with Crippen LogP contribution in [-0.2, 0) is 6.61 Å². The second-order valence-corrected chi connectivity index (χ2v) is 4.84. The fourth-order valence-corrected chi connectivity index (χ4v) is 2.06. The summed E-state index contributed by atoms with van der Waals surface area (Å²) in [5.41, 5.74) is 6.08. The summed E-state index contributed by atoms with van der Waals surface area (Å²) in [6.45, 7) is 5.16. The molecule has 0 saturated carbocycles. The van der Waals surface area contributed by atoms with E-state index in [0.717, 1.165) is 17.1 Å². The molecule has 0 atom stereocenters. The summed E-state index contributed by atoms with van der Waals surface area (Å²) in [5, 5.41) is 4.01. The normalized spacial score (nSPS) is 10.7. The Labute approximate surface area is 131 Å². The summed E-state index contributed by atoms with van der Waals surface area (Å²) < 4.78 is 11.6. The minimum absolute atomic E-state index is 0.525. The molecule has 0 radical (unpaired) electrons. The van der Waals surface area contributed by atoms with Crippen molar-refractivity contribution < 1.29 is 9.47 Å². The Morgan fingerprint density at radius 1 is 1.09 bits per heavy atom. The number of aryl methyl sites for hydroxylation is 1. The summed E-state index contributed by atoms with van der Waals surface area (Å²) >= 11 is 0. The highest BCUT2D eigenvalue weighted by Crippen LogP contribution is 2.29. The fourth-order valence-electron chi connectivity index (χ4n) is 2.06. The molecule has 2 aromatic rings. The Morgan fingerprint density at radius 2 is 1.91 bits per heavy atom. The third-order valence-electron chi connectivity index (χ3n) is 3.25. The lowest BCUT2D eigenvalue weighted by molar-refractivity contribution is 0.269. The minimum atomic E-state index is 0.525. The summed E-state index contributed by atoms with van der Waals surface area (Å²) in [5.74, 6) is 1.47. The number of hydrogen-bond acceptors (Lipinski definition) is 4. The monoisotopic (exact) mass is 298 g/mol. The van der Waals surface area contributed by atoms with Gasteiger partial charge in [0.25, 0.3) is 0 Å². The van der Waals surface area contributed by atoms with Gasteiger partial charge in [0.2, 0.25) is 0 Å². The first-order valence-corrected chi connectivity index (χ1v) is 7.38. The number of hydrazone groups is 1. The average molecular weight is 298 g/mol. The van der Waals surface area contributed by atoms with Crippen LogP contribution < -0.4 is 14.9 Å². The van der Waals surface area contributed by atoms with Crippen LogP contribution in [0.5, 0.6) is 11.5 Å². The Bertz CT molecular complexity index is 639. The number of hydrogen-bond donors (Lipinski definition) is 1. The maximum absolute atomic E-state index is 5.93. The molecule has 4 nitrogen and oxygen atoms in total. The number of rotatable bonds is 7. The van der Waals surface area contributed by atoms with Crippen molar-refractivity contribution in [1.82, 2.24) is 5.43 Å². The van der Waals surface area contributed by atoms with Crippen molar-refractivity contribution in [3.8, 4) is 11.5 Å². The van der Waals surface area contributed by atoms with Gasteiger partial charge in [-0.1, -0.05) is 24.3 Å². The molecule has 0 fully saturated rings. The van der Waals surface area contributed by atoms with E-state index in [0.29, 0.717) is 13.2 Å². The molecular weight excluding hydrogens is 276 g/mol. The third-order valence-corrected chi connectivity index (χ3v) is 3.25. The van der Waals surface area contributed by atoms with E-state index in [1.165, 1.54) is 11.1 Å². The van der Waals surface area contributed by atoms with Crippen LogP contribution in [0.2, 0.25) is 0 Å². The lowest BCUT2D eigenvalue weighted by atomic mass is 10.1. The van der Waals surface area contributed by atoms with Gasteiger partial charge in [0.15, 0.2) is 11.5 Å². The number of nitrogens with zero attached hydrogens (tertiary/aromatic N) is 1. The molecule has 22 heavy (non-hydrogen) atoms. The van der Waals surface area contributed by atoms with Crippen LogP contribution in [0.15, 0.2) is 47.6 Å². The largest absolute Gasteiger partial charge is 0.490 e. The molecule has 2 rings (SSSR count). The molecule has 0 saturated heterocycles. The SMILES string of the molecule is CCOc1cc(/C=N\NC)ccc1OCc1ccccc1C. The molecular formula is C18H22N2O2. The predicted molar refractivity (Wildman–Crippen MR) is 89.8 cm³/mol. The van der Waals surface area contributed by atoms with E-state index in [2.05, 4.69) is 29.6 Å². The highest BCUT2D eigenvalue weighted by atomic mass is 16.5. The third kappa shape index (κ3) is 4.25. The molecule has 0 aliphatic carbocycles. The van der Waals surface area contributed by atoms with Crippen molar-refractivity contribution in [1.29, 1.82) is 0 Å². The van der Waals surface area contributed by atoms with E-state index in [-0.39, 0.29) is 0 Å². The number of nitrogens with one attached hydrogen (secondary N) is 1. The molecule has 2 aromatic carbocycles. The maximum Gasteiger partial charge on any atom is 0.161 e. The van der Waals surface area contributed by atoms with Crippen LogP contribution in [0, 0.1) is 6.92 Å². The van der Waals surface area contributed by atoms with Crippen molar-refractivity contribution >= 4 is 6.21 Å². The maximum atomic E-state index is 5.93. The van der Waals surface area contributed by atoms with Gasteiger partial charge in [-0.2, -0.15) is 5.10 Å². The Balaban J connectivity index is 2.15. The van der Waals surface area contributed by atoms with Crippen LogP contribution in [0.4, 0.5) is 0 Å². The highest BCUT2D eigenvalue weighted by molar-refractivity contribution is 5.80. The van der Waals surface area contributed by atoms with Crippen LogP contribution >= 0.6 is 0 Å². The average Bonchev–Trinajstić information content (AvgIpc) is 2.53. The first-order chi connectivity index (χ1) is 10.7. The lowest BCUT2D eigenvalue weighted by Gasteiger charge is -2.13. The highest BCUT2D eigenvalue weighted by Gasteiger charge is 2.07. The van der Waals surface area contributed by atoms with Gasteiger partial charge in [-0.25, -0.2) is 0 Å². The fraction of sp³-hybridized carbons (Fsp3) is 0.278. The molecule has 1 N–H and O–H groups in total. The molecule has 0 unspecified atom stereocenters. The molecule has 0 aromatic heterocycles. The molecule has 0 aliphatic rings. The summed E-state index contributed by atoms with van der Waals surface area (Å²) in [6.07, 6.45) is 1.74. The predicted octanol–water partition coefficient (Wildman–Crippen LogP) is 3.53. The molecule has 0 spiro atoms. The van der Waals surface area contributed by atoms with E-state index < -0.39 is 0 Å². The van der Waals surface area contributed by atoms with Crippen LogP contribution in [0.1, 0.15) is 23.6 Å². The van der Waals surface area contributed by atoms with Gasteiger partial charge in [0.05, 0.1) is 12.8 Å². The second kappa shape index (κ2) is 8.08. The van der Waals surface area contributed by atoms with Crippen molar-refractivity contribution in [2.45, 2.75) is 20.5 Å². The smallest absolute Gasteiger partial charge is 0.161 e. The van der Waals surface area contributed by atoms with Crippen molar-refractivity contribution in [2.75, 3.05) is 13.7 Å². The van der Waals surface area contributed by atoms with E-state index in [1.807, 2.05) is 37.3 Å². The molecule has 0 heterocycles. The summed E-state index contributed by atoms with van der Waals surface area (Å²) in [4.78, 5) is 0. The van der Waals surface area contributed by atoms with Crippen molar-refractivity contribution in [2.24, 2.45) is 5.10 Å². The van der Waals surface area contributed by atoms with E-state index >= 15 is 0 Å². The molecule has 0 aliphatic heterocycles. The topological polar surface area (TPSA) is 42.8 Å². The van der Waals surface area contributed by atoms with E-state index in [4.69, 9.17) is 9.47 Å². The first kappa shape index (κ1) is 15.9. The van der Waals surface area contributed by atoms with Gasteiger partial charge in [-0.05, 0) is 48.7 Å². The zero-order chi connectivity index (χ0) is 15.8. The number of ether oxygens (including phenoxy) is 2. The van der Waals surface area contributed by atoms with Gasteiger partial charge < -0.3 is 14.9 Å². The van der Waals surface area contributed by atoms with Crippen LogP contribution in [-0.4, -0.2) is 19.9 Å². The minimum Gasteiger partial charge on any atom is -0.490 e. The van der Waals surface area contributed by atoms with E-state index in [9.17, 15) is 0 Å². The van der Waals surface area contributed by atoms with Gasteiger partial charge in [-0.3, -0.25) is 0 Å². The zero-order valence-corrected chi connectivity index (χ0v) is 13.3. The van der Waals surface area contributed by atoms with Gasteiger partial charge in [0, 0.05) is 7.05 Å². The van der Waals surface area contributed by atoms with E-state index in [1.54, 1.807) is 13.3 Å². The van der Waals surface area contributed by atoms with Crippen LogP contribution in [0.25, 0.3) is 0 Å². The zero-order valence-electron chi connectivity index (χ0n) is 13.3. The summed E-state index contributed by atoms with van der Waals surface area (Å²) in [7, 11) is 1.76. The number of benzene rings is 2. The van der Waals surface area contributed by atoms with Gasteiger partial charge in [0.1, 0.15) is 6.61 Å². The Hall–Kier alpha value is -2.49. The van der Waals surface area contributed by atoms with Crippen LogP contribution in [0.3, 0.4) is 0 Å². The molecule has 4 heteroatoms. The second-order valence-electron chi connectivity index (χ2n) is 4.84. The van der Waals surface area contributed by atoms with Crippen molar-refractivity contribution in [3.05, 3.63) is 59.2 Å². The van der Waals surface area contributed by atoms with Crippen molar-refractivity contribution in [3.63, 3.8) is 0 Å². The first-order valence-electron chi connectivity index (χ1n) is 7.38. The molecule has 116 valence electrons. The Morgan fingerprint density at radius 3 is 2.64 bits per heavy atom. The standard InChI is InChI=1S/C18H22N2O2/c1-4-21-18-11-15(12-20-19-3)9-10-17(18)22-13-16-8-6-5-7-14(16)2/h5-12,19H,4,13H2,1-3H3/b20-12-. The molecule has 0 amide bonds. The Kier molecular flexibility index (Phi) is 5.83. The van der Waals surface area contributed by atoms with Gasteiger partial charge in [-0.15, -0.1) is 0 Å². The lowest BCUT2D eigenvalue weighted by Crippen LogP contribution is -2.02.